The zero-order valence-electron chi connectivity index (χ0n) is 16.5. The summed E-state index contributed by atoms with van der Waals surface area (Å²) in [4.78, 5) is 31.3. The first-order valence-corrected chi connectivity index (χ1v) is 11.3. The lowest BCUT2D eigenvalue weighted by Crippen LogP contribution is -2.33. The van der Waals surface area contributed by atoms with E-state index in [1.165, 1.54) is 22.2 Å². The van der Waals surface area contributed by atoms with Crippen LogP contribution in [-0.2, 0) is 11.3 Å². The number of aryl methyl sites for hydroxylation is 1. The van der Waals surface area contributed by atoms with Gasteiger partial charge < -0.3 is 10.1 Å². The third kappa shape index (κ3) is 4.60. The molecule has 0 atom stereocenters. The summed E-state index contributed by atoms with van der Waals surface area (Å²) in [5.41, 5.74) is 1.83. The number of benzene rings is 1. The van der Waals surface area contributed by atoms with E-state index in [1.54, 1.807) is 11.3 Å². The molecular weight excluding hydrogens is 418 g/mol. The Hall–Kier alpha value is -2.97. The van der Waals surface area contributed by atoms with Gasteiger partial charge in [-0.25, -0.2) is 4.98 Å². The standard InChI is InChI=1S/C22H21N3O3S2/c1-15-5-2-6-16(11-15)28-9-4-8-23-19(26)12-25-14-24-21-20(22(25)27)17(13-30-21)18-7-3-10-29-18/h2-3,5-7,10-11,13-14H,4,8-9,12H2,1H3,(H,23,26). The van der Waals surface area contributed by atoms with Crippen molar-refractivity contribution in [2.75, 3.05) is 13.2 Å². The number of ether oxygens (including phenoxy) is 1. The number of carbonyl (C=O) groups excluding carboxylic acids is 1. The highest BCUT2D eigenvalue weighted by molar-refractivity contribution is 7.18. The molecule has 0 aliphatic carbocycles. The molecule has 4 aromatic rings. The van der Waals surface area contributed by atoms with Crippen LogP contribution in [0.15, 0.2) is 58.3 Å². The minimum atomic E-state index is -0.221. The second-order valence-electron chi connectivity index (χ2n) is 6.85. The van der Waals surface area contributed by atoms with E-state index >= 15 is 0 Å². The number of nitrogens with one attached hydrogen (secondary N) is 1. The van der Waals surface area contributed by atoms with Gasteiger partial charge in [0.1, 0.15) is 17.1 Å². The summed E-state index contributed by atoms with van der Waals surface area (Å²) in [5.74, 6) is 0.603. The van der Waals surface area contributed by atoms with E-state index in [-0.39, 0.29) is 18.0 Å². The van der Waals surface area contributed by atoms with Crippen LogP contribution in [-0.4, -0.2) is 28.6 Å². The number of aromatic nitrogens is 2. The number of hydrogen-bond donors (Lipinski definition) is 1. The highest BCUT2D eigenvalue weighted by Crippen LogP contribution is 2.33. The Morgan fingerprint density at radius 1 is 1.23 bits per heavy atom. The largest absolute Gasteiger partial charge is 0.494 e. The van der Waals surface area contributed by atoms with Crippen molar-refractivity contribution >= 4 is 38.8 Å². The lowest BCUT2D eigenvalue weighted by Gasteiger charge is -2.09. The van der Waals surface area contributed by atoms with Crippen LogP contribution in [0.25, 0.3) is 20.7 Å². The van der Waals surface area contributed by atoms with Gasteiger partial charge in [-0.3, -0.25) is 14.2 Å². The second kappa shape index (κ2) is 9.23. The molecule has 0 fully saturated rings. The molecule has 0 aliphatic heterocycles. The summed E-state index contributed by atoms with van der Waals surface area (Å²) in [6, 6.07) is 11.8. The van der Waals surface area contributed by atoms with Crippen molar-refractivity contribution in [3.63, 3.8) is 0 Å². The number of carbonyl (C=O) groups is 1. The predicted octanol–water partition coefficient (Wildman–Crippen LogP) is 4.08. The van der Waals surface area contributed by atoms with Crippen LogP contribution in [0.5, 0.6) is 5.75 Å². The maximum absolute atomic E-state index is 12.9. The Morgan fingerprint density at radius 2 is 2.13 bits per heavy atom. The smallest absolute Gasteiger partial charge is 0.263 e. The van der Waals surface area contributed by atoms with E-state index in [4.69, 9.17) is 4.74 Å². The van der Waals surface area contributed by atoms with Gasteiger partial charge in [0, 0.05) is 22.4 Å². The number of nitrogens with zero attached hydrogens (tertiary/aromatic N) is 2. The Kier molecular flexibility index (Phi) is 6.25. The molecule has 0 bridgehead atoms. The van der Waals surface area contributed by atoms with E-state index in [2.05, 4.69) is 10.3 Å². The first-order chi connectivity index (χ1) is 14.6. The fourth-order valence-corrected chi connectivity index (χ4v) is 4.82. The van der Waals surface area contributed by atoms with Gasteiger partial charge >= 0.3 is 0 Å². The number of rotatable bonds is 8. The number of thiophene rings is 2. The van der Waals surface area contributed by atoms with Crippen molar-refractivity contribution in [3.05, 3.63) is 69.4 Å². The summed E-state index contributed by atoms with van der Waals surface area (Å²) in [6.45, 7) is 2.95. The molecule has 30 heavy (non-hydrogen) atoms. The van der Waals surface area contributed by atoms with Gasteiger partial charge in [-0.15, -0.1) is 22.7 Å². The van der Waals surface area contributed by atoms with Crippen LogP contribution in [0.4, 0.5) is 0 Å². The van der Waals surface area contributed by atoms with Crippen molar-refractivity contribution in [2.24, 2.45) is 0 Å². The van der Waals surface area contributed by atoms with Crippen molar-refractivity contribution < 1.29 is 9.53 Å². The van der Waals surface area contributed by atoms with Gasteiger partial charge in [0.05, 0.1) is 18.3 Å². The zero-order valence-corrected chi connectivity index (χ0v) is 18.1. The second-order valence-corrected chi connectivity index (χ2v) is 8.66. The first kappa shape index (κ1) is 20.3. The lowest BCUT2D eigenvalue weighted by molar-refractivity contribution is -0.121. The fourth-order valence-electron chi connectivity index (χ4n) is 3.10. The number of fused-ring (bicyclic) bond motifs is 1. The molecule has 1 amide bonds. The average molecular weight is 440 g/mol. The summed E-state index contributed by atoms with van der Waals surface area (Å²) in [5, 5.41) is 7.34. The average Bonchev–Trinajstić information content (AvgIpc) is 3.39. The van der Waals surface area contributed by atoms with Crippen molar-refractivity contribution in [2.45, 2.75) is 19.9 Å². The van der Waals surface area contributed by atoms with Crippen LogP contribution in [0.3, 0.4) is 0 Å². The van der Waals surface area contributed by atoms with Crippen molar-refractivity contribution in [3.8, 4) is 16.2 Å². The van der Waals surface area contributed by atoms with Gasteiger partial charge in [-0.05, 0) is 42.5 Å². The molecule has 8 heteroatoms. The molecule has 0 spiro atoms. The predicted molar refractivity (Wildman–Crippen MR) is 121 cm³/mol. The normalized spacial score (nSPS) is 11.0. The third-order valence-electron chi connectivity index (χ3n) is 4.56. The van der Waals surface area contributed by atoms with E-state index in [1.807, 2.05) is 54.1 Å². The number of amides is 1. The molecule has 0 aliphatic rings. The monoisotopic (exact) mass is 439 g/mol. The molecule has 3 aromatic heterocycles. The first-order valence-electron chi connectivity index (χ1n) is 9.58. The van der Waals surface area contributed by atoms with Crippen molar-refractivity contribution in [1.82, 2.24) is 14.9 Å². The van der Waals surface area contributed by atoms with Gasteiger partial charge in [0.2, 0.25) is 5.91 Å². The quantitative estimate of drug-likeness (QED) is 0.420. The van der Waals surface area contributed by atoms with Crippen LogP contribution in [0.2, 0.25) is 0 Å². The Morgan fingerprint density at radius 3 is 2.93 bits per heavy atom. The van der Waals surface area contributed by atoms with Gasteiger partial charge in [-0.1, -0.05) is 18.2 Å². The minimum absolute atomic E-state index is 0.0553. The summed E-state index contributed by atoms with van der Waals surface area (Å²) in [7, 11) is 0. The van der Waals surface area contributed by atoms with E-state index in [0.29, 0.717) is 29.8 Å². The molecule has 154 valence electrons. The van der Waals surface area contributed by atoms with Gasteiger partial charge in [-0.2, -0.15) is 0 Å². The molecule has 4 rings (SSSR count). The molecule has 0 saturated heterocycles. The van der Waals surface area contributed by atoms with E-state index < -0.39 is 0 Å². The molecule has 0 saturated carbocycles. The van der Waals surface area contributed by atoms with Gasteiger partial charge in [0.15, 0.2) is 0 Å². The van der Waals surface area contributed by atoms with Gasteiger partial charge in [0.25, 0.3) is 5.56 Å². The number of hydrogen-bond acceptors (Lipinski definition) is 6. The molecule has 1 N–H and O–H groups in total. The van der Waals surface area contributed by atoms with Crippen LogP contribution in [0.1, 0.15) is 12.0 Å². The van der Waals surface area contributed by atoms with E-state index in [0.717, 1.165) is 21.8 Å². The Balaban J connectivity index is 1.34. The molecule has 3 heterocycles. The Labute approximate surface area is 181 Å². The van der Waals surface area contributed by atoms with Crippen LogP contribution in [0, 0.1) is 6.92 Å². The highest BCUT2D eigenvalue weighted by Gasteiger charge is 2.15. The van der Waals surface area contributed by atoms with Crippen molar-refractivity contribution in [1.29, 1.82) is 0 Å². The fraction of sp³-hybridized carbons (Fsp3) is 0.227. The topological polar surface area (TPSA) is 73.2 Å². The molecule has 1 aromatic carbocycles. The zero-order chi connectivity index (χ0) is 20.9. The molecule has 6 nitrogen and oxygen atoms in total. The minimum Gasteiger partial charge on any atom is -0.494 e. The SMILES string of the molecule is Cc1cccc(OCCCNC(=O)Cn2cnc3scc(-c4cccs4)c3c2=O)c1. The van der Waals surface area contributed by atoms with E-state index in [9.17, 15) is 9.59 Å². The summed E-state index contributed by atoms with van der Waals surface area (Å²) in [6.07, 6.45) is 2.12. The lowest BCUT2D eigenvalue weighted by atomic mass is 10.2. The molecule has 0 unspecified atom stereocenters. The maximum Gasteiger partial charge on any atom is 0.263 e. The summed E-state index contributed by atoms with van der Waals surface area (Å²) >= 11 is 3.02. The summed E-state index contributed by atoms with van der Waals surface area (Å²) < 4.78 is 7.05. The van der Waals surface area contributed by atoms with Crippen LogP contribution >= 0.6 is 22.7 Å². The Bertz CT molecular complexity index is 1210. The molecular formula is C22H21N3O3S2. The maximum atomic E-state index is 12.9. The highest BCUT2D eigenvalue weighted by atomic mass is 32.1. The molecule has 0 radical (unpaired) electrons. The van der Waals surface area contributed by atoms with Crippen LogP contribution < -0.4 is 15.6 Å². The third-order valence-corrected chi connectivity index (χ3v) is 6.35.